The average molecular weight is 211 g/mol. The molecule has 74 valence electrons. The Hall–Kier alpha value is -1.32. The van der Waals surface area contributed by atoms with Gasteiger partial charge in [-0.25, -0.2) is 0 Å². The number of benzene rings is 1. The van der Waals surface area contributed by atoms with Crippen LogP contribution in [-0.4, -0.2) is 17.4 Å². The molecule has 0 aliphatic heterocycles. The zero-order chi connectivity index (χ0) is 10.6. The van der Waals surface area contributed by atoms with Crippen LogP contribution >= 0.6 is 11.6 Å². The van der Waals surface area contributed by atoms with Crippen LogP contribution in [0, 0.1) is 5.41 Å². The van der Waals surface area contributed by atoms with Crippen LogP contribution in [0.1, 0.15) is 5.56 Å². The van der Waals surface area contributed by atoms with E-state index in [1.165, 1.54) is 6.08 Å². The van der Waals surface area contributed by atoms with Gasteiger partial charge < -0.3 is 16.2 Å². The third-order valence-electron chi connectivity index (χ3n) is 1.67. The van der Waals surface area contributed by atoms with Crippen molar-refractivity contribution in [1.82, 2.24) is 0 Å². The summed E-state index contributed by atoms with van der Waals surface area (Å²) in [6.07, 6.45) is 1.42. The zero-order valence-corrected chi connectivity index (χ0v) is 8.25. The lowest BCUT2D eigenvalue weighted by atomic mass is 10.1. The largest absolute Gasteiger partial charge is 0.400 e. The van der Waals surface area contributed by atoms with Crippen LogP contribution in [0.2, 0.25) is 5.02 Å². The predicted octanol–water partition coefficient (Wildman–Crippen LogP) is 1.54. The molecule has 0 radical (unpaired) electrons. The summed E-state index contributed by atoms with van der Waals surface area (Å²) < 4.78 is 0. The Kier molecular flexibility index (Phi) is 3.68. The fourth-order valence-corrected chi connectivity index (χ4v) is 1.07. The van der Waals surface area contributed by atoms with Gasteiger partial charge in [0, 0.05) is 10.7 Å². The maximum Gasteiger partial charge on any atom is 0.0826 e. The second kappa shape index (κ2) is 4.79. The Labute approximate surface area is 87.3 Å². The quantitative estimate of drug-likeness (QED) is 0.663. The summed E-state index contributed by atoms with van der Waals surface area (Å²) >= 11 is 5.70. The zero-order valence-electron chi connectivity index (χ0n) is 7.50. The second-order valence-electron chi connectivity index (χ2n) is 2.80. The smallest absolute Gasteiger partial charge is 0.0826 e. The maximum atomic E-state index is 8.66. The van der Waals surface area contributed by atoms with Crippen molar-refractivity contribution in [3.8, 4) is 0 Å². The van der Waals surface area contributed by atoms with E-state index in [9.17, 15) is 0 Å². The van der Waals surface area contributed by atoms with Gasteiger partial charge in [0.05, 0.1) is 12.3 Å². The average Bonchev–Trinajstić information content (AvgIpc) is 2.18. The van der Waals surface area contributed by atoms with Gasteiger partial charge in [-0.1, -0.05) is 23.7 Å². The summed E-state index contributed by atoms with van der Waals surface area (Å²) in [5.41, 5.74) is 6.63. The number of halogens is 1. The molecule has 14 heavy (non-hydrogen) atoms. The van der Waals surface area contributed by atoms with Crippen LogP contribution in [0.5, 0.6) is 0 Å². The Morgan fingerprint density at radius 3 is 2.50 bits per heavy atom. The standard InChI is InChI=1S/C10H11ClN2O/c11-8-3-1-7(2-4-8)10(13)5-9(12)6-14/h1-5,13-14H,6,12H2. The molecule has 0 aliphatic rings. The molecule has 1 aromatic rings. The fourth-order valence-electron chi connectivity index (χ4n) is 0.944. The van der Waals surface area contributed by atoms with Gasteiger partial charge in [-0.3, -0.25) is 0 Å². The molecule has 0 unspecified atom stereocenters. The highest BCUT2D eigenvalue weighted by molar-refractivity contribution is 6.30. The van der Waals surface area contributed by atoms with Gasteiger partial charge in [0.1, 0.15) is 0 Å². The van der Waals surface area contributed by atoms with E-state index < -0.39 is 0 Å². The molecule has 0 aliphatic carbocycles. The minimum Gasteiger partial charge on any atom is -0.400 e. The van der Waals surface area contributed by atoms with E-state index in [-0.39, 0.29) is 18.0 Å². The normalized spacial score (nSPS) is 11.4. The molecule has 0 bridgehead atoms. The van der Waals surface area contributed by atoms with E-state index in [0.717, 1.165) is 0 Å². The summed E-state index contributed by atoms with van der Waals surface area (Å²) in [6, 6.07) is 6.86. The number of aliphatic hydroxyl groups excluding tert-OH is 1. The molecule has 3 nitrogen and oxygen atoms in total. The van der Waals surface area contributed by atoms with Crippen LogP contribution in [0.15, 0.2) is 36.0 Å². The van der Waals surface area contributed by atoms with Crippen molar-refractivity contribution in [2.75, 3.05) is 6.61 Å². The SMILES string of the molecule is N=C(C=C(N)CO)c1ccc(Cl)cc1. The predicted molar refractivity (Wildman–Crippen MR) is 57.6 cm³/mol. The van der Waals surface area contributed by atoms with Gasteiger partial charge in [-0.05, 0) is 23.8 Å². The van der Waals surface area contributed by atoms with Gasteiger partial charge in [0.25, 0.3) is 0 Å². The van der Waals surface area contributed by atoms with E-state index in [4.69, 9.17) is 27.9 Å². The molecule has 0 saturated heterocycles. The van der Waals surface area contributed by atoms with Crippen molar-refractivity contribution in [3.63, 3.8) is 0 Å². The molecule has 1 rings (SSSR count). The Morgan fingerprint density at radius 2 is 2.00 bits per heavy atom. The first-order chi connectivity index (χ1) is 6.63. The molecule has 4 N–H and O–H groups in total. The molecule has 1 aromatic carbocycles. The van der Waals surface area contributed by atoms with Crippen molar-refractivity contribution in [3.05, 3.63) is 46.6 Å². The van der Waals surface area contributed by atoms with Crippen molar-refractivity contribution < 1.29 is 5.11 Å². The van der Waals surface area contributed by atoms with Gasteiger partial charge in [-0.15, -0.1) is 0 Å². The number of hydrogen-bond donors (Lipinski definition) is 3. The molecule has 0 spiro atoms. The summed E-state index contributed by atoms with van der Waals surface area (Å²) in [4.78, 5) is 0. The lowest BCUT2D eigenvalue weighted by Crippen LogP contribution is -2.06. The summed E-state index contributed by atoms with van der Waals surface area (Å²) in [6.45, 7) is -0.240. The molecule has 0 saturated carbocycles. The summed E-state index contributed by atoms with van der Waals surface area (Å²) in [7, 11) is 0. The highest BCUT2D eigenvalue weighted by Gasteiger charge is 1.98. The topological polar surface area (TPSA) is 70.1 Å². The van der Waals surface area contributed by atoms with Gasteiger partial charge in [-0.2, -0.15) is 0 Å². The monoisotopic (exact) mass is 210 g/mol. The third-order valence-corrected chi connectivity index (χ3v) is 1.92. The molecule has 0 amide bonds. The van der Waals surface area contributed by atoms with E-state index in [0.29, 0.717) is 10.6 Å². The minimum absolute atomic E-state index is 0.240. The van der Waals surface area contributed by atoms with Crippen LogP contribution in [0.25, 0.3) is 0 Å². The first kappa shape index (κ1) is 10.8. The van der Waals surface area contributed by atoms with Gasteiger partial charge in [0.15, 0.2) is 0 Å². The Bertz CT molecular complexity index is 357. The number of allylic oxidation sites excluding steroid dienone is 1. The number of rotatable bonds is 3. The van der Waals surface area contributed by atoms with Crippen molar-refractivity contribution >= 4 is 17.3 Å². The minimum atomic E-state index is -0.240. The van der Waals surface area contributed by atoms with Crippen LogP contribution < -0.4 is 5.73 Å². The van der Waals surface area contributed by atoms with Crippen LogP contribution in [-0.2, 0) is 0 Å². The lowest BCUT2D eigenvalue weighted by Gasteiger charge is -2.00. The van der Waals surface area contributed by atoms with E-state index in [2.05, 4.69) is 0 Å². The van der Waals surface area contributed by atoms with Crippen LogP contribution in [0.3, 0.4) is 0 Å². The third kappa shape index (κ3) is 2.87. The molecular formula is C10H11ClN2O. The first-order valence-corrected chi connectivity index (χ1v) is 4.42. The van der Waals surface area contributed by atoms with Crippen molar-refractivity contribution in [2.24, 2.45) is 5.73 Å². The van der Waals surface area contributed by atoms with Crippen LogP contribution in [0.4, 0.5) is 0 Å². The number of hydrogen-bond acceptors (Lipinski definition) is 3. The van der Waals surface area contributed by atoms with E-state index >= 15 is 0 Å². The molecule has 0 atom stereocenters. The fraction of sp³-hybridized carbons (Fsp3) is 0.100. The highest BCUT2D eigenvalue weighted by Crippen LogP contribution is 2.10. The molecule has 0 aromatic heterocycles. The molecular weight excluding hydrogens is 200 g/mol. The molecule has 4 heteroatoms. The summed E-state index contributed by atoms with van der Waals surface area (Å²) in [5.74, 6) is 0. The highest BCUT2D eigenvalue weighted by atomic mass is 35.5. The van der Waals surface area contributed by atoms with E-state index in [1.807, 2.05) is 0 Å². The maximum absolute atomic E-state index is 8.66. The molecule has 0 heterocycles. The van der Waals surface area contributed by atoms with Crippen molar-refractivity contribution in [2.45, 2.75) is 0 Å². The first-order valence-electron chi connectivity index (χ1n) is 4.05. The van der Waals surface area contributed by atoms with Crippen molar-refractivity contribution in [1.29, 1.82) is 5.41 Å². The van der Waals surface area contributed by atoms with Gasteiger partial charge >= 0.3 is 0 Å². The van der Waals surface area contributed by atoms with Gasteiger partial charge in [0.2, 0.25) is 0 Å². The number of nitrogens with one attached hydrogen (secondary N) is 1. The number of nitrogens with two attached hydrogens (primary N) is 1. The second-order valence-corrected chi connectivity index (χ2v) is 3.23. The Balaban J connectivity index is 2.85. The Morgan fingerprint density at radius 1 is 1.43 bits per heavy atom. The molecule has 0 fully saturated rings. The number of aliphatic hydroxyl groups is 1. The van der Waals surface area contributed by atoms with E-state index in [1.54, 1.807) is 24.3 Å². The summed E-state index contributed by atoms with van der Waals surface area (Å²) in [5, 5.41) is 16.9. The lowest BCUT2D eigenvalue weighted by molar-refractivity contribution is 0.330.